The molecule has 0 saturated heterocycles. The lowest BCUT2D eigenvalue weighted by atomic mass is 9.58. The van der Waals surface area contributed by atoms with Gasteiger partial charge in [-0.2, -0.15) is 15.8 Å². The van der Waals surface area contributed by atoms with Crippen LogP contribution in [0.15, 0.2) is 41.1 Å². The van der Waals surface area contributed by atoms with Gasteiger partial charge >= 0.3 is 0 Å². The highest BCUT2D eigenvalue weighted by molar-refractivity contribution is 6.35. The van der Waals surface area contributed by atoms with Crippen molar-refractivity contribution in [1.82, 2.24) is 4.90 Å². The van der Waals surface area contributed by atoms with E-state index in [9.17, 15) is 20.6 Å². The van der Waals surface area contributed by atoms with Crippen molar-refractivity contribution in [2.45, 2.75) is 25.7 Å². The summed E-state index contributed by atoms with van der Waals surface area (Å²) in [6, 6.07) is 11.0. The van der Waals surface area contributed by atoms with Gasteiger partial charge in [0, 0.05) is 41.4 Å². The number of nitrogens with two attached hydrogens (primary N) is 1. The molecule has 6 nitrogen and oxygen atoms in total. The molecule has 0 aromatic heterocycles. The Morgan fingerprint density at radius 3 is 2.57 bits per heavy atom. The van der Waals surface area contributed by atoms with Gasteiger partial charge in [0.15, 0.2) is 5.41 Å². The number of carbonyl (C=O) groups is 1. The Hall–Kier alpha value is -2.98. The van der Waals surface area contributed by atoms with Gasteiger partial charge in [0.2, 0.25) is 5.91 Å². The fraction of sp³-hybridized carbons (Fsp3) is 0.364. The van der Waals surface area contributed by atoms with Crippen LogP contribution in [0.25, 0.3) is 0 Å². The maximum absolute atomic E-state index is 12.6. The summed E-state index contributed by atoms with van der Waals surface area (Å²) in [5, 5.41) is 30.6. The quantitative estimate of drug-likeness (QED) is 0.761. The number of benzene rings is 1. The molecular weight excluding hydrogens is 421 g/mol. The second-order valence-electron chi connectivity index (χ2n) is 7.39. The summed E-state index contributed by atoms with van der Waals surface area (Å²) in [4.78, 5) is 14.2. The van der Waals surface area contributed by atoms with Crippen LogP contribution in [0.3, 0.4) is 0 Å². The highest BCUT2D eigenvalue weighted by atomic mass is 35.5. The average molecular weight is 440 g/mol. The van der Waals surface area contributed by atoms with E-state index in [1.807, 2.05) is 6.92 Å². The minimum atomic E-state index is -1.80. The second-order valence-corrected chi connectivity index (χ2v) is 8.23. The normalized spacial score (nSPS) is 22.3. The molecule has 152 valence electrons. The van der Waals surface area contributed by atoms with E-state index < -0.39 is 17.3 Å². The average Bonchev–Trinajstić information content (AvgIpc) is 2.73. The van der Waals surface area contributed by atoms with Gasteiger partial charge in [-0.1, -0.05) is 42.3 Å². The van der Waals surface area contributed by atoms with Gasteiger partial charge in [-0.3, -0.25) is 4.79 Å². The number of rotatable bonds is 3. The van der Waals surface area contributed by atoms with Crippen LogP contribution in [0, 0.1) is 45.3 Å². The topological polar surface area (TPSA) is 118 Å². The van der Waals surface area contributed by atoms with Crippen molar-refractivity contribution in [2.24, 2.45) is 17.1 Å². The van der Waals surface area contributed by atoms with Crippen LogP contribution < -0.4 is 5.73 Å². The maximum atomic E-state index is 12.6. The van der Waals surface area contributed by atoms with E-state index in [2.05, 4.69) is 18.2 Å². The predicted octanol–water partition coefficient (Wildman–Crippen LogP) is 4.05. The first-order valence-corrected chi connectivity index (χ1v) is 10.3. The first-order valence-electron chi connectivity index (χ1n) is 9.50. The van der Waals surface area contributed by atoms with Crippen LogP contribution in [-0.4, -0.2) is 23.9 Å². The van der Waals surface area contributed by atoms with Gasteiger partial charge < -0.3 is 10.6 Å². The van der Waals surface area contributed by atoms with Gasteiger partial charge in [-0.05, 0) is 29.7 Å². The largest absolute Gasteiger partial charge is 0.399 e. The molecule has 1 aromatic rings. The molecule has 1 heterocycles. The predicted molar refractivity (Wildman–Crippen MR) is 113 cm³/mol. The number of allylic oxidation sites excluding steroid dienone is 2. The summed E-state index contributed by atoms with van der Waals surface area (Å²) in [6.45, 7) is 2.53. The Morgan fingerprint density at radius 2 is 2.00 bits per heavy atom. The van der Waals surface area contributed by atoms with Crippen LogP contribution in [0.1, 0.15) is 31.2 Å². The Bertz CT molecular complexity index is 1070. The zero-order valence-corrected chi connectivity index (χ0v) is 17.8. The van der Waals surface area contributed by atoms with Crippen molar-refractivity contribution in [3.8, 4) is 18.2 Å². The molecule has 2 aliphatic rings. The lowest BCUT2D eigenvalue weighted by molar-refractivity contribution is -0.131. The van der Waals surface area contributed by atoms with Gasteiger partial charge in [0.25, 0.3) is 0 Å². The van der Waals surface area contributed by atoms with Crippen molar-refractivity contribution < 1.29 is 4.79 Å². The minimum absolute atomic E-state index is 0.0192. The summed E-state index contributed by atoms with van der Waals surface area (Å²) in [6.07, 6.45) is 2.90. The van der Waals surface area contributed by atoms with Gasteiger partial charge in [0.05, 0.1) is 23.4 Å². The molecule has 2 unspecified atom stereocenters. The monoisotopic (exact) mass is 439 g/mol. The zero-order chi connectivity index (χ0) is 22.1. The highest BCUT2D eigenvalue weighted by Crippen LogP contribution is 2.55. The van der Waals surface area contributed by atoms with Crippen LogP contribution >= 0.6 is 23.2 Å². The zero-order valence-electron chi connectivity index (χ0n) is 16.3. The number of halogens is 2. The minimum Gasteiger partial charge on any atom is -0.399 e. The fourth-order valence-electron chi connectivity index (χ4n) is 4.35. The Balaban J connectivity index is 2.27. The van der Waals surface area contributed by atoms with E-state index in [0.717, 1.165) is 0 Å². The van der Waals surface area contributed by atoms with Crippen LogP contribution in [0.2, 0.25) is 10.0 Å². The van der Waals surface area contributed by atoms with Gasteiger partial charge in [-0.15, -0.1) is 0 Å². The van der Waals surface area contributed by atoms with E-state index in [1.54, 1.807) is 29.2 Å². The molecule has 1 aliphatic heterocycles. The van der Waals surface area contributed by atoms with E-state index in [-0.39, 0.29) is 23.7 Å². The fourth-order valence-corrected chi connectivity index (χ4v) is 4.88. The SMILES string of the molecule is CCCC(=O)N1CC=C2C(C#N)=C(N)C(C#N)(C#N)C(c3ccc(Cl)cc3Cl)C2C1. The van der Waals surface area contributed by atoms with Crippen molar-refractivity contribution in [3.05, 3.63) is 56.7 Å². The summed E-state index contributed by atoms with van der Waals surface area (Å²) < 4.78 is 0. The summed E-state index contributed by atoms with van der Waals surface area (Å²) in [5.74, 6) is -1.27. The smallest absolute Gasteiger partial charge is 0.222 e. The van der Waals surface area contributed by atoms with Crippen LogP contribution in [-0.2, 0) is 4.79 Å². The molecule has 1 aromatic carbocycles. The first kappa shape index (κ1) is 21.7. The van der Waals surface area contributed by atoms with Crippen LogP contribution in [0.4, 0.5) is 0 Å². The maximum Gasteiger partial charge on any atom is 0.222 e. The van der Waals surface area contributed by atoms with E-state index in [4.69, 9.17) is 28.9 Å². The van der Waals surface area contributed by atoms with E-state index in [1.165, 1.54) is 0 Å². The van der Waals surface area contributed by atoms with E-state index >= 15 is 0 Å². The third-order valence-corrected chi connectivity index (χ3v) is 6.34. The van der Waals surface area contributed by atoms with Crippen molar-refractivity contribution in [1.29, 1.82) is 15.8 Å². The third kappa shape index (κ3) is 3.31. The van der Waals surface area contributed by atoms with Gasteiger partial charge in [-0.25, -0.2) is 0 Å². The Labute approximate surface area is 185 Å². The molecule has 3 rings (SSSR count). The Kier molecular flexibility index (Phi) is 6.09. The number of hydrogen-bond donors (Lipinski definition) is 1. The molecule has 2 N–H and O–H groups in total. The molecule has 0 fully saturated rings. The summed E-state index contributed by atoms with van der Waals surface area (Å²) in [5.41, 5.74) is 5.69. The van der Waals surface area contributed by atoms with Crippen LogP contribution in [0.5, 0.6) is 0 Å². The molecule has 30 heavy (non-hydrogen) atoms. The number of carbonyl (C=O) groups excluding carboxylic acids is 1. The number of nitrogens with zero attached hydrogens (tertiary/aromatic N) is 4. The molecule has 1 aliphatic carbocycles. The number of fused-ring (bicyclic) bond motifs is 1. The molecular formula is C22H19Cl2N5O. The lowest BCUT2D eigenvalue weighted by Crippen LogP contribution is -2.49. The molecule has 2 atom stereocenters. The third-order valence-electron chi connectivity index (χ3n) is 5.78. The molecule has 0 radical (unpaired) electrons. The van der Waals surface area contributed by atoms with Gasteiger partial charge in [0.1, 0.15) is 6.07 Å². The molecule has 0 bridgehead atoms. The summed E-state index contributed by atoms with van der Waals surface area (Å²) in [7, 11) is 0. The Morgan fingerprint density at radius 1 is 1.30 bits per heavy atom. The second kappa shape index (κ2) is 8.41. The summed E-state index contributed by atoms with van der Waals surface area (Å²) >= 11 is 12.5. The van der Waals surface area contributed by atoms with Crippen molar-refractivity contribution in [2.75, 3.05) is 13.1 Å². The molecule has 8 heteroatoms. The number of hydrogen-bond acceptors (Lipinski definition) is 5. The lowest BCUT2D eigenvalue weighted by Gasteiger charge is -2.45. The van der Waals surface area contributed by atoms with E-state index in [0.29, 0.717) is 40.6 Å². The first-order chi connectivity index (χ1) is 14.3. The van der Waals surface area contributed by atoms with Crippen molar-refractivity contribution >= 4 is 29.1 Å². The number of amides is 1. The standard InChI is InChI=1S/C22H19Cl2N5O/c1-2-3-19(30)29-7-6-14-16(9-25)21(28)22(11-26,12-27)20(17(14)10-29)15-5-4-13(23)8-18(15)24/h4-6,8,17,20H,2-3,7,10,28H2,1H3. The molecule has 0 saturated carbocycles. The molecule has 1 amide bonds. The molecule has 0 spiro atoms. The number of nitriles is 3. The van der Waals surface area contributed by atoms with Crippen molar-refractivity contribution in [3.63, 3.8) is 0 Å². The highest BCUT2D eigenvalue weighted by Gasteiger charge is 2.55.